The zero-order valence-electron chi connectivity index (χ0n) is 12.2. The molecule has 2 nitrogen and oxygen atoms in total. The van der Waals surface area contributed by atoms with Gasteiger partial charge in [-0.15, -0.1) is 0 Å². The first kappa shape index (κ1) is 13.6. The number of likely N-dealkylation sites (tertiary alicyclic amines) is 1. The van der Waals surface area contributed by atoms with Gasteiger partial charge in [-0.05, 0) is 37.0 Å². The molecule has 0 aromatic heterocycles. The van der Waals surface area contributed by atoms with Crippen molar-refractivity contribution in [1.82, 2.24) is 10.2 Å². The molecule has 1 aliphatic rings. The van der Waals surface area contributed by atoms with Gasteiger partial charge in [-0.1, -0.05) is 32.0 Å². The van der Waals surface area contributed by atoms with Gasteiger partial charge in [0.2, 0.25) is 0 Å². The number of hydrogen-bond donors (Lipinski definition) is 1. The third-order valence-electron chi connectivity index (χ3n) is 3.95. The van der Waals surface area contributed by atoms with Gasteiger partial charge in [0.05, 0.1) is 0 Å². The highest BCUT2D eigenvalue weighted by atomic mass is 15.2. The maximum absolute atomic E-state index is 3.64. The maximum atomic E-state index is 3.64. The second-order valence-corrected chi connectivity index (χ2v) is 5.90. The van der Waals surface area contributed by atoms with Crippen LogP contribution in [0, 0.1) is 13.8 Å². The Kier molecular flexibility index (Phi) is 4.41. The molecule has 1 aromatic carbocycles. The van der Waals surface area contributed by atoms with Crippen molar-refractivity contribution in [3.8, 4) is 0 Å². The van der Waals surface area contributed by atoms with Crippen molar-refractivity contribution in [3.05, 3.63) is 34.9 Å². The summed E-state index contributed by atoms with van der Waals surface area (Å²) < 4.78 is 0. The molecule has 1 aromatic rings. The van der Waals surface area contributed by atoms with Crippen LogP contribution in [0.1, 0.15) is 37.0 Å². The smallest absolute Gasteiger partial charge is 0.0237 e. The monoisotopic (exact) mass is 246 g/mol. The highest BCUT2D eigenvalue weighted by Gasteiger charge is 2.22. The van der Waals surface area contributed by atoms with Crippen molar-refractivity contribution in [2.45, 2.75) is 52.7 Å². The van der Waals surface area contributed by atoms with Gasteiger partial charge in [0.1, 0.15) is 0 Å². The van der Waals surface area contributed by atoms with E-state index in [-0.39, 0.29) is 0 Å². The molecule has 1 N–H and O–H groups in total. The van der Waals surface area contributed by atoms with Crippen LogP contribution >= 0.6 is 0 Å². The van der Waals surface area contributed by atoms with E-state index < -0.39 is 0 Å². The van der Waals surface area contributed by atoms with E-state index in [0.29, 0.717) is 12.1 Å². The van der Waals surface area contributed by atoms with Crippen molar-refractivity contribution >= 4 is 0 Å². The van der Waals surface area contributed by atoms with Gasteiger partial charge in [0.15, 0.2) is 0 Å². The van der Waals surface area contributed by atoms with Crippen LogP contribution in [0.15, 0.2) is 18.2 Å². The Bertz CT molecular complexity index is 398. The van der Waals surface area contributed by atoms with Gasteiger partial charge >= 0.3 is 0 Å². The zero-order chi connectivity index (χ0) is 13.1. The number of rotatable bonds is 4. The first-order valence-corrected chi connectivity index (χ1v) is 7.09. The van der Waals surface area contributed by atoms with Gasteiger partial charge in [-0.25, -0.2) is 0 Å². The summed E-state index contributed by atoms with van der Waals surface area (Å²) in [5.74, 6) is 0. The predicted molar refractivity (Wildman–Crippen MR) is 77.9 cm³/mol. The summed E-state index contributed by atoms with van der Waals surface area (Å²) in [6.45, 7) is 12.4. The molecule has 1 heterocycles. The molecule has 0 radical (unpaired) electrons. The molecule has 0 bridgehead atoms. The van der Waals surface area contributed by atoms with Crippen LogP contribution in [0.3, 0.4) is 0 Å². The average Bonchev–Trinajstić information content (AvgIpc) is 2.71. The van der Waals surface area contributed by atoms with Crippen LogP contribution < -0.4 is 5.32 Å². The second kappa shape index (κ2) is 5.85. The van der Waals surface area contributed by atoms with Crippen LogP contribution in [-0.2, 0) is 6.54 Å². The maximum Gasteiger partial charge on any atom is 0.0237 e. The fourth-order valence-corrected chi connectivity index (χ4v) is 2.81. The van der Waals surface area contributed by atoms with Gasteiger partial charge in [0, 0.05) is 31.7 Å². The average molecular weight is 246 g/mol. The fraction of sp³-hybridized carbons (Fsp3) is 0.625. The molecule has 100 valence electrons. The minimum Gasteiger partial charge on any atom is -0.310 e. The van der Waals surface area contributed by atoms with E-state index >= 15 is 0 Å². The lowest BCUT2D eigenvalue weighted by Crippen LogP contribution is -2.36. The predicted octanol–water partition coefficient (Wildman–Crippen LogP) is 2.88. The van der Waals surface area contributed by atoms with Crippen LogP contribution in [0.4, 0.5) is 0 Å². The van der Waals surface area contributed by atoms with E-state index in [1.165, 1.54) is 36.2 Å². The molecule has 0 saturated carbocycles. The summed E-state index contributed by atoms with van der Waals surface area (Å²) >= 11 is 0. The third-order valence-corrected chi connectivity index (χ3v) is 3.95. The van der Waals surface area contributed by atoms with Crippen molar-refractivity contribution in [2.24, 2.45) is 0 Å². The Morgan fingerprint density at radius 1 is 1.33 bits per heavy atom. The van der Waals surface area contributed by atoms with Crippen LogP contribution in [0.25, 0.3) is 0 Å². The van der Waals surface area contributed by atoms with Crippen LogP contribution in [-0.4, -0.2) is 30.1 Å². The normalized spacial score (nSPS) is 20.8. The van der Waals surface area contributed by atoms with E-state index in [1.54, 1.807) is 0 Å². The van der Waals surface area contributed by atoms with Gasteiger partial charge in [-0.2, -0.15) is 0 Å². The second-order valence-electron chi connectivity index (χ2n) is 5.90. The summed E-state index contributed by atoms with van der Waals surface area (Å²) in [5, 5.41) is 3.64. The number of aryl methyl sites for hydroxylation is 1. The lowest BCUT2D eigenvalue weighted by molar-refractivity contribution is 0.316. The molecular formula is C16H26N2. The number of nitrogens with one attached hydrogen (secondary N) is 1. The first-order valence-electron chi connectivity index (χ1n) is 7.09. The molecule has 2 heteroatoms. The molecule has 0 aliphatic carbocycles. The summed E-state index contributed by atoms with van der Waals surface area (Å²) in [4.78, 5) is 2.57. The van der Waals surface area contributed by atoms with E-state index in [4.69, 9.17) is 0 Å². The number of benzene rings is 1. The Morgan fingerprint density at radius 2 is 2.11 bits per heavy atom. The number of hydrogen-bond acceptors (Lipinski definition) is 2. The SMILES string of the molecule is Cc1cccc(CN2CCC(NC(C)C)C2)c1C. The lowest BCUT2D eigenvalue weighted by Gasteiger charge is -2.19. The number of nitrogens with zero attached hydrogens (tertiary/aromatic N) is 1. The van der Waals surface area contributed by atoms with Crippen molar-refractivity contribution in [3.63, 3.8) is 0 Å². The Balaban J connectivity index is 1.93. The molecule has 1 saturated heterocycles. The summed E-state index contributed by atoms with van der Waals surface area (Å²) in [6, 6.07) is 7.92. The van der Waals surface area contributed by atoms with E-state index in [2.05, 4.69) is 56.1 Å². The van der Waals surface area contributed by atoms with Crippen molar-refractivity contribution in [1.29, 1.82) is 0 Å². The lowest BCUT2D eigenvalue weighted by atomic mass is 10.0. The van der Waals surface area contributed by atoms with Gasteiger partial charge in [-0.3, -0.25) is 4.90 Å². The molecular weight excluding hydrogens is 220 g/mol. The molecule has 1 fully saturated rings. The highest BCUT2D eigenvalue weighted by Crippen LogP contribution is 2.18. The molecule has 1 unspecified atom stereocenters. The molecule has 0 amide bonds. The summed E-state index contributed by atoms with van der Waals surface area (Å²) in [5.41, 5.74) is 4.35. The minimum absolute atomic E-state index is 0.593. The van der Waals surface area contributed by atoms with Gasteiger partial charge in [0.25, 0.3) is 0 Å². The minimum atomic E-state index is 0.593. The molecule has 1 aliphatic heterocycles. The van der Waals surface area contributed by atoms with Crippen LogP contribution in [0.2, 0.25) is 0 Å². The molecule has 0 spiro atoms. The quantitative estimate of drug-likeness (QED) is 0.879. The Labute approximate surface area is 111 Å². The molecule has 1 atom stereocenters. The first-order chi connectivity index (χ1) is 8.56. The fourth-order valence-electron chi connectivity index (χ4n) is 2.81. The standard InChI is InChI=1S/C16H26N2/c1-12(2)17-16-8-9-18(11-16)10-15-7-5-6-13(3)14(15)4/h5-7,12,16-17H,8-11H2,1-4H3. The molecule has 18 heavy (non-hydrogen) atoms. The molecule has 2 rings (SSSR count). The zero-order valence-corrected chi connectivity index (χ0v) is 12.2. The largest absolute Gasteiger partial charge is 0.310 e. The topological polar surface area (TPSA) is 15.3 Å². The summed E-state index contributed by atoms with van der Waals surface area (Å²) in [6.07, 6.45) is 1.28. The highest BCUT2D eigenvalue weighted by molar-refractivity contribution is 5.33. The summed E-state index contributed by atoms with van der Waals surface area (Å²) in [7, 11) is 0. The third kappa shape index (κ3) is 3.33. The van der Waals surface area contributed by atoms with E-state index in [0.717, 1.165) is 6.54 Å². The van der Waals surface area contributed by atoms with E-state index in [1.807, 2.05) is 0 Å². The van der Waals surface area contributed by atoms with Crippen molar-refractivity contribution in [2.75, 3.05) is 13.1 Å². The van der Waals surface area contributed by atoms with Crippen molar-refractivity contribution < 1.29 is 0 Å². The van der Waals surface area contributed by atoms with E-state index in [9.17, 15) is 0 Å². The van der Waals surface area contributed by atoms with Crippen LogP contribution in [0.5, 0.6) is 0 Å². The van der Waals surface area contributed by atoms with Gasteiger partial charge < -0.3 is 5.32 Å². The Hall–Kier alpha value is -0.860. The Morgan fingerprint density at radius 3 is 2.83 bits per heavy atom.